The van der Waals surface area contributed by atoms with E-state index in [1.807, 2.05) is 23.8 Å². The molecular weight excluding hydrogens is 158 g/mol. The van der Waals surface area contributed by atoms with Gasteiger partial charge in [-0.25, -0.2) is 0 Å². The Kier molecular flexibility index (Phi) is 2.95. The molecule has 0 aliphatic rings. The Balaban J connectivity index is 2.79. The van der Waals surface area contributed by atoms with E-state index in [0.29, 0.717) is 0 Å². The van der Waals surface area contributed by atoms with Crippen molar-refractivity contribution in [3.05, 3.63) is 32.8 Å². The first-order chi connectivity index (χ1) is 5.38. The number of rotatable bonds is 3. The van der Waals surface area contributed by atoms with Crippen molar-refractivity contribution in [3.63, 3.8) is 0 Å². The maximum atomic E-state index is 8.23. The monoisotopic (exact) mass is 167 g/mol. The summed E-state index contributed by atoms with van der Waals surface area (Å²) in [6.07, 6.45) is 0.862. The van der Waals surface area contributed by atoms with E-state index in [9.17, 15) is 0 Å². The largest absolute Gasteiger partial charge is 0.152 e. The average molecular weight is 167 g/mol. The molecule has 0 radical (unpaired) electrons. The Morgan fingerprint density at radius 1 is 1.82 bits per heavy atom. The molecule has 0 unspecified atom stereocenters. The second kappa shape index (κ2) is 4.01. The van der Waals surface area contributed by atoms with Crippen LogP contribution < -0.4 is 0 Å². The van der Waals surface area contributed by atoms with Gasteiger partial charge in [0.15, 0.2) is 0 Å². The van der Waals surface area contributed by atoms with Crippen LogP contribution in [0.1, 0.15) is 24.9 Å². The molecule has 11 heavy (non-hydrogen) atoms. The van der Waals surface area contributed by atoms with Crippen molar-refractivity contribution in [2.45, 2.75) is 19.4 Å². The van der Waals surface area contributed by atoms with Crippen LogP contribution in [0.5, 0.6) is 0 Å². The minimum absolute atomic E-state index is 0.0197. The Bertz CT molecular complexity index is 249. The first-order valence-corrected chi connectivity index (χ1v) is 4.39. The predicted octanol–water partition coefficient (Wildman–Crippen LogP) is 3.51. The van der Waals surface area contributed by atoms with Gasteiger partial charge in [-0.3, -0.25) is 0 Å². The molecule has 1 aromatic heterocycles. The van der Waals surface area contributed by atoms with Gasteiger partial charge in [-0.1, -0.05) is 12.0 Å². The van der Waals surface area contributed by atoms with Crippen molar-refractivity contribution in [2.24, 2.45) is 5.11 Å². The molecule has 0 aromatic carbocycles. The molecule has 0 spiro atoms. The lowest BCUT2D eigenvalue weighted by atomic mass is 10.1. The highest BCUT2D eigenvalue weighted by molar-refractivity contribution is 7.07. The Hall–Kier alpha value is -0.990. The Morgan fingerprint density at radius 2 is 2.64 bits per heavy atom. The number of hydrogen-bond acceptors (Lipinski definition) is 2. The summed E-state index contributed by atoms with van der Waals surface area (Å²) < 4.78 is 0. The molecular formula is C7H9N3S. The predicted molar refractivity (Wildman–Crippen MR) is 46.5 cm³/mol. The third-order valence-electron chi connectivity index (χ3n) is 1.51. The fourth-order valence-electron chi connectivity index (χ4n) is 0.911. The Morgan fingerprint density at radius 3 is 3.09 bits per heavy atom. The molecule has 0 bridgehead atoms. The second-order valence-corrected chi connectivity index (χ2v) is 2.97. The fourth-order valence-corrected chi connectivity index (χ4v) is 1.62. The van der Waals surface area contributed by atoms with Gasteiger partial charge >= 0.3 is 0 Å². The number of azide groups is 1. The van der Waals surface area contributed by atoms with E-state index in [1.165, 1.54) is 0 Å². The highest BCUT2D eigenvalue weighted by Crippen LogP contribution is 2.22. The van der Waals surface area contributed by atoms with Gasteiger partial charge in [-0.15, -0.1) is 0 Å². The Labute approximate surface area is 69.3 Å². The summed E-state index contributed by atoms with van der Waals surface area (Å²) in [4.78, 5) is 2.79. The van der Waals surface area contributed by atoms with Gasteiger partial charge in [0.1, 0.15) is 0 Å². The standard InChI is InChI=1S/C7H9N3S/c1-2-7(9-10-8)6-3-4-11-5-6/h3-5,7H,2H2,1H3/t7-/m1/s1. The normalized spacial score (nSPS) is 12.1. The summed E-state index contributed by atoms with van der Waals surface area (Å²) in [5.74, 6) is 0. The molecule has 0 N–H and O–H groups in total. The van der Waals surface area contributed by atoms with Crippen molar-refractivity contribution < 1.29 is 0 Å². The van der Waals surface area contributed by atoms with Crippen LogP contribution in [0, 0.1) is 0 Å². The van der Waals surface area contributed by atoms with E-state index >= 15 is 0 Å². The van der Waals surface area contributed by atoms with Crippen LogP contribution in [-0.4, -0.2) is 0 Å². The van der Waals surface area contributed by atoms with Crippen molar-refractivity contribution in [3.8, 4) is 0 Å². The SMILES string of the molecule is CC[C@@H](N=[N+]=[N-])c1ccsc1. The lowest BCUT2D eigenvalue weighted by molar-refractivity contribution is 0.695. The van der Waals surface area contributed by atoms with Gasteiger partial charge in [0.2, 0.25) is 0 Å². The molecule has 0 aliphatic heterocycles. The van der Waals surface area contributed by atoms with Crippen LogP contribution in [0.15, 0.2) is 21.9 Å². The summed E-state index contributed by atoms with van der Waals surface area (Å²) in [6, 6.07) is 2.01. The zero-order valence-corrected chi connectivity index (χ0v) is 7.08. The van der Waals surface area contributed by atoms with Gasteiger partial charge < -0.3 is 0 Å². The van der Waals surface area contributed by atoms with Crippen molar-refractivity contribution >= 4 is 11.3 Å². The average Bonchev–Trinajstić information content (AvgIpc) is 2.52. The van der Waals surface area contributed by atoms with E-state index in [4.69, 9.17) is 5.53 Å². The van der Waals surface area contributed by atoms with Crippen LogP contribution in [0.4, 0.5) is 0 Å². The van der Waals surface area contributed by atoms with Gasteiger partial charge in [0.25, 0.3) is 0 Å². The molecule has 0 fully saturated rings. The molecule has 1 atom stereocenters. The number of nitrogens with zero attached hydrogens (tertiary/aromatic N) is 3. The smallest absolute Gasteiger partial charge is 0.0630 e. The molecule has 3 nitrogen and oxygen atoms in total. The van der Waals surface area contributed by atoms with Crippen LogP contribution in [0.25, 0.3) is 10.4 Å². The summed E-state index contributed by atoms with van der Waals surface area (Å²) in [5, 5.41) is 7.68. The molecule has 58 valence electrons. The van der Waals surface area contributed by atoms with Crippen LogP contribution in [0.3, 0.4) is 0 Å². The van der Waals surface area contributed by atoms with E-state index < -0.39 is 0 Å². The first-order valence-electron chi connectivity index (χ1n) is 3.44. The van der Waals surface area contributed by atoms with E-state index in [2.05, 4.69) is 10.0 Å². The molecule has 0 aliphatic carbocycles. The minimum Gasteiger partial charge on any atom is -0.152 e. The van der Waals surface area contributed by atoms with E-state index in [1.54, 1.807) is 11.3 Å². The zero-order valence-electron chi connectivity index (χ0n) is 6.27. The lowest BCUT2D eigenvalue weighted by Crippen LogP contribution is -1.87. The van der Waals surface area contributed by atoms with Gasteiger partial charge in [-0.2, -0.15) is 11.3 Å². The van der Waals surface area contributed by atoms with Crippen molar-refractivity contribution in [2.75, 3.05) is 0 Å². The van der Waals surface area contributed by atoms with Gasteiger partial charge in [0, 0.05) is 4.91 Å². The molecule has 4 heteroatoms. The van der Waals surface area contributed by atoms with E-state index in [0.717, 1.165) is 12.0 Å². The first kappa shape index (κ1) is 8.11. The third kappa shape index (κ3) is 1.97. The lowest BCUT2D eigenvalue weighted by Gasteiger charge is -2.02. The zero-order chi connectivity index (χ0) is 8.10. The van der Waals surface area contributed by atoms with Crippen LogP contribution in [-0.2, 0) is 0 Å². The summed E-state index contributed by atoms with van der Waals surface area (Å²) in [5.41, 5.74) is 9.35. The fraction of sp³-hybridized carbons (Fsp3) is 0.429. The topological polar surface area (TPSA) is 48.8 Å². The maximum absolute atomic E-state index is 8.23. The van der Waals surface area contributed by atoms with Gasteiger partial charge in [0.05, 0.1) is 6.04 Å². The van der Waals surface area contributed by atoms with Crippen molar-refractivity contribution in [1.29, 1.82) is 0 Å². The second-order valence-electron chi connectivity index (χ2n) is 2.19. The third-order valence-corrected chi connectivity index (χ3v) is 2.21. The maximum Gasteiger partial charge on any atom is 0.0630 e. The molecule has 0 saturated carbocycles. The van der Waals surface area contributed by atoms with E-state index in [-0.39, 0.29) is 6.04 Å². The summed E-state index contributed by atoms with van der Waals surface area (Å²) in [6.45, 7) is 2.01. The number of hydrogen-bond donors (Lipinski definition) is 0. The summed E-state index contributed by atoms with van der Waals surface area (Å²) in [7, 11) is 0. The highest BCUT2D eigenvalue weighted by atomic mass is 32.1. The molecule has 1 heterocycles. The summed E-state index contributed by atoms with van der Waals surface area (Å²) >= 11 is 1.63. The molecule has 1 rings (SSSR count). The molecule has 0 amide bonds. The van der Waals surface area contributed by atoms with Gasteiger partial charge in [-0.05, 0) is 34.3 Å². The van der Waals surface area contributed by atoms with Crippen molar-refractivity contribution in [1.82, 2.24) is 0 Å². The quantitative estimate of drug-likeness (QED) is 0.376. The molecule has 1 aromatic rings. The molecule has 0 saturated heterocycles. The highest BCUT2D eigenvalue weighted by Gasteiger charge is 2.05. The van der Waals surface area contributed by atoms with Crippen LogP contribution >= 0.6 is 11.3 Å². The number of thiophene rings is 1. The van der Waals surface area contributed by atoms with Crippen LogP contribution in [0.2, 0.25) is 0 Å². The minimum atomic E-state index is 0.0197.